The lowest BCUT2D eigenvalue weighted by atomic mass is 10.0. The fourth-order valence-corrected chi connectivity index (χ4v) is 3.80. The molecular weight excluding hydrogens is 280 g/mol. The SMILES string of the molecule is CNCc1cccc(NC(=O)C2CSc3ccccc32)c1. The molecule has 1 heterocycles. The van der Waals surface area contributed by atoms with Crippen LogP contribution in [0.3, 0.4) is 0 Å². The summed E-state index contributed by atoms with van der Waals surface area (Å²) in [4.78, 5) is 13.7. The fraction of sp³-hybridized carbons (Fsp3) is 0.235. The van der Waals surface area contributed by atoms with Crippen molar-refractivity contribution >= 4 is 23.4 Å². The summed E-state index contributed by atoms with van der Waals surface area (Å²) in [5, 5.41) is 6.16. The van der Waals surface area contributed by atoms with Gasteiger partial charge in [-0.25, -0.2) is 0 Å². The van der Waals surface area contributed by atoms with Crippen LogP contribution in [-0.2, 0) is 11.3 Å². The molecule has 0 aromatic heterocycles. The zero-order valence-electron chi connectivity index (χ0n) is 11.9. The first kappa shape index (κ1) is 14.2. The molecule has 0 saturated heterocycles. The Labute approximate surface area is 129 Å². The number of anilines is 1. The van der Waals surface area contributed by atoms with E-state index in [9.17, 15) is 4.79 Å². The number of carbonyl (C=O) groups is 1. The largest absolute Gasteiger partial charge is 0.326 e. The van der Waals surface area contributed by atoms with Gasteiger partial charge in [-0.1, -0.05) is 30.3 Å². The van der Waals surface area contributed by atoms with Crippen LogP contribution < -0.4 is 10.6 Å². The smallest absolute Gasteiger partial charge is 0.232 e. The molecule has 0 spiro atoms. The van der Waals surface area contributed by atoms with Crippen LogP contribution in [0.4, 0.5) is 5.69 Å². The molecule has 3 nitrogen and oxygen atoms in total. The first-order valence-corrected chi connectivity index (χ1v) is 8.02. The molecule has 3 rings (SSSR count). The van der Waals surface area contributed by atoms with E-state index in [4.69, 9.17) is 0 Å². The molecule has 1 amide bonds. The van der Waals surface area contributed by atoms with Gasteiger partial charge in [-0.05, 0) is 36.4 Å². The monoisotopic (exact) mass is 298 g/mol. The number of fused-ring (bicyclic) bond motifs is 1. The van der Waals surface area contributed by atoms with Crippen LogP contribution in [0.15, 0.2) is 53.4 Å². The quantitative estimate of drug-likeness (QED) is 0.910. The summed E-state index contributed by atoms with van der Waals surface area (Å²) in [5.74, 6) is 0.842. The highest BCUT2D eigenvalue weighted by Gasteiger charge is 2.28. The van der Waals surface area contributed by atoms with Crippen LogP contribution in [0.25, 0.3) is 0 Å². The van der Waals surface area contributed by atoms with Crippen molar-refractivity contribution in [3.8, 4) is 0 Å². The van der Waals surface area contributed by atoms with Crippen LogP contribution in [0.5, 0.6) is 0 Å². The van der Waals surface area contributed by atoms with Gasteiger partial charge in [-0.15, -0.1) is 11.8 Å². The minimum Gasteiger partial charge on any atom is -0.326 e. The van der Waals surface area contributed by atoms with E-state index in [-0.39, 0.29) is 11.8 Å². The van der Waals surface area contributed by atoms with Crippen molar-refractivity contribution in [1.29, 1.82) is 0 Å². The minimum absolute atomic E-state index is 0.0563. The van der Waals surface area contributed by atoms with Gasteiger partial charge in [-0.2, -0.15) is 0 Å². The number of thioether (sulfide) groups is 1. The average molecular weight is 298 g/mol. The predicted molar refractivity (Wildman–Crippen MR) is 87.7 cm³/mol. The molecular formula is C17H18N2OS. The molecule has 2 aromatic rings. The van der Waals surface area contributed by atoms with E-state index >= 15 is 0 Å². The molecule has 0 aliphatic carbocycles. The van der Waals surface area contributed by atoms with Crippen LogP contribution in [0.1, 0.15) is 17.0 Å². The molecule has 1 unspecified atom stereocenters. The minimum atomic E-state index is -0.0563. The summed E-state index contributed by atoms with van der Waals surface area (Å²) in [6, 6.07) is 16.1. The maximum Gasteiger partial charge on any atom is 0.232 e. The van der Waals surface area contributed by atoms with Crippen molar-refractivity contribution in [3.63, 3.8) is 0 Å². The Kier molecular flexibility index (Phi) is 4.27. The maximum atomic E-state index is 12.5. The second-order valence-corrected chi connectivity index (χ2v) is 6.18. The average Bonchev–Trinajstić information content (AvgIpc) is 2.92. The summed E-state index contributed by atoms with van der Waals surface area (Å²) in [5.41, 5.74) is 3.17. The lowest BCUT2D eigenvalue weighted by Crippen LogP contribution is -2.21. The van der Waals surface area contributed by atoms with Crippen molar-refractivity contribution in [2.45, 2.75) is 17.4 Å². The molecule has 2 N–H and O–H groups in total. The highest BCUT2D eigenvalue weighted by molar-refractivity contribution is 7.99. The third-order valence-electron chi connectivity index (χ3n) is 3.59. The van der Waals surface area contributed by atoms with E-state index in [1.165, 1.54) is 4.90 Å². The molecule has 4 heteroatoms. The second-order valence-electron chi connectivity index (χ2n) is 5.12. The van der Waals surface area contributed by atoms with E-state index < -0.39 is 0 Å². The van der Waals surface area contributed by atoms with Crippen molar-refractivity contribution in [3.05, 3.63) is 59.7 Å². The molecule has 108 valence electrons. The van der Waals surface area contributed by atoms with E-state index in [1.807, 2.05) is 43.4 Å². The molecule has 21 heavy (non-hydrogen) atoms. The van der Waals surface area contributed by atoms with Gasteiger partial charge in [0, 0.05) is 22.9 Å². The zero-order valence-corrected chi connectivity index (χ0v) is 12.7. The molecule has 1 aliphatic rings. The van der Waals surface area contributed by atoms with Crippen LogP contribution in [-0.4, -0.2) is 18.7 Å². The normalized spacial score (nSPS) is 16.5. The Hall–Kier alpha value is -1.78. The summed E-state index contributed by atoms with van der Waals surface area (Å²) in [6.07, 6.45) is 0. The first-order valence-electron chi connectivity index (χ1n) is 7.04. The third-order valence-corrected chi connectivity index (χ3v) is 4.77. The first-order chi connectivity index (χ1) is 10.3. The predicted octanol–water partition coefficient (Wildman–Crippen LogP) is 3.23. The molecule has 2 aromatic carbocycles. The van der Waals surface area contributed by atoms with Crippen molar-refractivity contribution in [2.75, 3.05) is 18.1 Å². The number of hydrogen-bond acceptors (Lipinski definition) is 3. The topological polar surface area (TPSA) is 41.1 Å². The Morgan fingerprint density at radius 3 is 2.95 bits per heavy atom. The fourth-order valence-electron chi connectivity index (χ4n) is 2.57. The molecule has 1 atom stereocenters. The van der Waals surface area contributed by atoms with Gasteiger partial charge in [0.25, 0.3) is 0 Å². The Morgan fingerprint density at radius 1 is 1.24 bits per heavy atom. The summed E-state index contributed by atoms with van der Waals surface area (Å²) in [6.45, 7) is 0.797. The number of amides is 1. The Morgan fingerprint density at radius 2 is 2.10 bits per heavy atom. The lowest BCUT2D eigenvalue weighted by molar-refractivity contribution is -0.117. The van der Waals surface area contributed by atoms with Crippen molar-refractivity contribution in [1.82, 2.24) is 5.32 Å². The van der Waals surface area contributed by atoms with Gasteiger partial charge in [-0.3, -0.25) is 4.79 Å². The van der Waals surface area contributed by atoms with Crippen molar-refractivity contribution < 1.29 is 4.79 Å². The van der Waals surface area contributed by atoms with Crippen LogP contribution >= 0.6 is 11.8 Å². The number of nitrogens with one attached hydrogen (secondary N) is 2. The number of hydrogen-bond donors (Lipinski definition) is 2. The van der Waals surface area contributed by atoms with Crippen LogP contribution in [0, 0.1) is 0 Å². The van der Waals surface area contributed by atoms with E-state index in [0.717, 1.165) is 29.1 Å². The lowest BCUT2D eigenvalue weighted by Gasteiger charge is -2.12. The van der Waals surface area contributed by atoms with Gasteiger partial charge < -0.3 is 10.6 Å². The van der Waals surface area contributed by atoms with Gasteiger partial charge in [0.15, 0.2) is 0 Å². The Bertz CT molecular complexity index is 657. The van der Waals surface area contributed by atoms with E-state index in [0.29, 0.717) is 0 Å². The van der Waals surface area contributed by atoms with Gasteiger partial charge >= 0.3 is 0 Å². The van der Waals surface area contributed by atoms with E-state index in [2.05, 4.69) is 22.8 Å². The number of carbonyl (C=O) groups excluding carboxylic acids is 1. The second kappa shape index (κ2) is 6.33. The van der Waals surface area contributed by atoms with Gasteiger partial charge in [0.1, 0.15) is 0 Å². The van der Waals surface area contributed by atoms with Crippen molar-refractivity contribution in [2.24, 2.45) is 0 Å². The Balaban J connectivity index is 1.74. The van der Waals surface area contributed by atoms with Gasteiger partial charge in [0.05, 0.1) is 5.92 Å². The van der Waals surface area contributed by atoms with E-state index in [1.54, 1.807) is 11.8 Å². The third kappa shape index (κ3) is 3.12. The number of rotatable bonds is 4. The molecule has 0 bridgehead atoms. The zero-order chi connectivity index (χ0) is 14.7. The molecule has 0 saturated carbocycles. The standard InChI is InChI=1S/C17H18N2OS/c1-18-10-12-5-4-6-13(9-12)19-17(20)15-11-21-16-8-3-2-7-14(15)16/h2-9,15,18H,10-11H2,1H3,(H,19,20). The molecule has 0 fully saturated rings. The summed E-state index contributed by atoms with van der Waals surface area (Å²) < 4.78 is 0. The number of benzene rings is 2. The highest BCUT2D eigenvalue weighted by atomic mass is 32.2. The maximum absolute atomic E-state index is 12.5. The molecule has 1 aliphatic heterocycles. The van der Waals surface area contributed by atoms with Crippen LogP contribution in [0.2, 0.25) is 0 Å². The summed E-state index contributed by atoms with van der Waals surface area (Å²) >= 11 is 1.76. The summed E-state index contributed by atoms with van der Waals surface area (Å²) in [7, 11) is 1.91. The molecule has 0 radical (unpaired) electrons. The van der Waals surface area contributed by atoms with Gasteiger partial charge in [0.2, 0.25) is 5.91 Å². The highest BCUT2D eigenvalue weighted by Crippen LogP contribution is 2.39.